The number of nitrogens with one attached hydrogen (secondary N) is 2. The van der Waals surface area contributed by atoms with Crippen molar-refractivity contribution < 1.29 is 28.3 Å². The first-order chi connectivity index (χ1) is 20.8. The Morgan fingerprint density at radius 1 is 1.20 bits per heavy atom. The van der Waals surface area contributed by atoms with Gasteiger partial charge >= 0.3 is 6.03 Å². The number of benzene rings is 2. The standard InChI is InChI=1S/C29H34ClFN6O4/c1-16(2)37-24(11-26(34-37)33-29(41)32-20(14-38)15-39)17-7-8-23(25(10-17)36-12-18-9-19(18)13-36)35(3)28(40)27-21(30)5-4-6-22(27)31/h4-8,10-11,16,18-20,38-39H,9,12-15H2,1-3H3,(H2,32,33,34,41)/i3D3. The summed E-state index contributed by atoms with van der Waals surface area (Å²) in [5.74, 6) is -0.850. The lowest BCUT2D eigenvalue weighted by Crippen LogP contribution is -2.42. The van der Waals surface area contributed by atoms with E-state index in [0.29, 0.717) is 46.8 Å². The summed E-state index contributed by atoms with van der Waals surface area (Å²) in [5, 5.41) is 27.9. The zero-order valence-electron chi connectivity index (χ0n) is 25.6. The number of carbonyl (C=O) groups excluding carboxylic acids is 2. The molecule has 1 saturated carbocycles. The van der Waals surface area contributed by atoms with Crippen molar-refractivity contribution in [2.24, 2.45) is 11.8 Å². The van der Waals surface area contributed by atoms with Crippen molar-refractivity contribution in [1.29, 1.82) is 0 Å². The molecule has 0 spiro atoms. The predicted molar refractivity (Wildman–Crippen MR) is 156 cm³/mol. The number of halogens is 2. The maximum absolute atomic E-state index is 14.8. The van der Waals surface area contributed by atoms with Crippen molar-refractivity contribution in [3.05, 3.63) is 58.9 Å². The minimum Gasteiger partial charge on any atom is -0.394 e. The lowest BCUT2D eigenvalue weighted by molar-refractivity contribution is 0.0989. The quantitative estimate of drug-likeness (QED) is 0.299. The molecule has 1 aliphatic heterocycles. The molecule has 2 atom stereocenters. The van der Waals surface area contributed by atoms with Gasteiger partial charge in [-0.15, -0.1) is 0 Å². The van der Waals surface area contributed by atoms with E-state index in [1.807, 2.05) is 18.7 Å². The Balaban J connectivity index is 1.58. The van der Waals surface area contributed by atoms with E-state index >= 15 is 0 Å². The number of nitrogens with zero attached hydrogens (tertiary/aromatic N) is 4. The number of aliphatic hydroxyl groups excluding tert-OH is 2. The summed E-state index contributed by atoms with van der Waals surface area (Å²) in [6.07, 6.45) is 1.09. The zero-order valence-corrected chi connectivity index (χ0v) is 23.4. The minimum atomic E-state index is -2.97. The fraction of sp³-hybridized carbons (Fsp3) is 0.414. The van der Waals surface area contributed by atoms with E-state index in [1.54, 1.807) is 22.9 Å². The van der Waals surface area contributed by atoms with Crippen LogP contribution in [0.2, 0.25) is 5.02 Å². The van der Waals surface area contributed by atoms with E-state index < -0.39 is 49.6 Å². The predicted octanol–water partition coefficient (Wildman–Crippen LogP) is 4.13. The molecule has 2 unspecified atom stereocenters. The second-order valence-corrected chi connectivity index (χ2v) is 11.1. The molecule has 1 aliphatic carbocycles. The van der Waals surface area contributed by atoms with Crippen LogP contribution >= 0.6 is 11.6 Å². The summed E-state index contributed by atoms with van der Waals surface area (Å²) >= 11 is 6.18. The number of aliphatic hydroxyl groups is 2. The van der Waals surface area contributed by atoms with Crippen LogP contribution in [-0.2, 0) is 0 Å². The molecule has 3 amide bonds. The van der Waals surface area contributed by atoms with E-state index in [9.17, 15) is 24.2 Å². The summed E-state index contributed by atoms with van der Waals surface area (Å²) in [5.41, 5.74) is 1.30. The molecule has 5 rings (SSSR count). The van der Waals surface area contributed by atoms with Gasteiger partial charge in [0.2, 0.25) is 0 Å². The second-order valence-electron chi connectivity index (χ2n) is 10.7. The Hall–Kier alpha value is -3.67. The van der Waals surface area contributed by atoms with Gasteiger partial charge in [-0.25, -0.2) is 9.18 Å². The average Bonchev–Trinajstić information content (AvgIpc) is 3.34. The highest BCUT2D eigenvalue weighted by Crippen LogP contribution is 2.48. The SMILES string of the molecule is [2H]C([2H])([2H])N(C(=O)c1c(F)cccc1Cl)c1ccc(-c2cc(NC(=O)NC(CO)CO)nn2C(C)C)cc1N1CC2CC2C1. The molecule has 0 radical (unpaired) electrons. The van der Waals surface area contributed by atoms with Gasteiger partial charge in [0.25, 0.3) is 5.91 Å². The van der Waals surface area contributed by atoms with Crippen LogP contribution in [0.1, 0.15) is 40.8 Å². The maximum Gasteiger partial charge on any atom is 0.320 e. The fourth-order valence-electron chi connectivity index (χ4n) is 5.19. The van der Waals surface area contributed by atoms with Gasteiger partial charge in [0, 0.05) is 41.8 Å². The number of hydrogen-bond acceptors (Lipinski definition) is 6. The average molecular weight is 588 g/mol. The second kappa shape index (κ2) is 11.7. The maximum atomic E-state index is 14.8. The molecule has 1 aromatic heterocycles. The van der Waals surface area contributed by atoms with Crippen LogP contribution in [0.5, 0.6) is 0 Å². The van der Waals surface area contributed by atoms with Crippen molar-refractivity contribution in [1.82, 2.24) is 15.1 Å². The van der Waals surface area contributed by atoms with Gasteiger partial charge in [-0.3, -0.25) is 14.8 Å². The van der Waals surface area contributed by atoms with Gasteiger partial charge in [0.1, 0.15) is 5.82 Å². The molecule has 2 fully saturated rings. The molecule has 2 aliphatic rings. The number of hydrogen-bond donors (Lipinski definition) is 4. The third-order valence-electron chi connectivity index (χ3n) is 7.45. The molecule has 12 heteroatoms. The topological polar surface area (TPSA) is 123 Å². The Morgan fingerprint density at radius 2 is 1.93 bits per heavy atom. The Kier molecular flexibility index (Phi) is 7.14. The van der Waals surface area contributed by atoms with Crippen LogP contribution in [0.15, 0.2) is 42.5 Å². The van der Waals surface area contributed by atoms with Gasteiger partial charge < -0.3 is 25.3 Å². The molecule has 4 N–H and O–H groups in total. The molecule has 0 bridgehead atoms. The van der Waals surface area contributed by atoms with E-state index in [0.717, 1.165) is 12.5 Å². The van der Waals surface area contributed by atoms with Gasteiger partial charge in [0.15, 0.2) is 5.82 Å². The summed E-state index contributed by atoms with van der Waals surface area (Å²) in [6, 6.07) is 8.69. The van der Waals surface area contributed by atoms with Crippen LogP contribution in [0.3, 0.4) is 0 Å². The van der Waals surface area contributed by atoms with Crippen molar-refractivity contribution in [3.63, 3.8) is 0 Å². The number of rotatable bonds is 9. The molecule has 10 nitrogen and oxygen atoms in total. The normalized spacial score (nSPS) is 19.0. The van der Waals surface area contributed by atoms with E-state index in [1.165, 1.54) is 18.2 Å². The third-order valence-corrected chi connectivity index (χ3v) is 7.77. The van der Waals surface area contributed by atoms with E-state index in [-0.39, 0.29) is 22.6 Å². The summed E-state index contributed by atoms with van der Waals surface area (Å²) in [6.45, 7) is 1.32. The summed E-state index contributed by atoms with van der Waals surface area (Å²) in [7, 11) is 0. The largest absolute Gasteiger partial charge is 0.394 e. The molecule has 1 saturated heterocycles. The number of amides is 3. The van der Waals surface area contributed by atoms with Gasteiger partial charge in [-0.2, -0.15) is 5.10 Å². The molecular formula is C29H34ClFN6O4. The Morgan fingerprint density at radius 3 is 2.56 bits per heavy atom. The molecule has 2 aromatic carbocycles. The lowest BCUT2D eigenvalue weighted by Gasteiger charge is -2.29. The number of piperidine rings is 1. The highest BCUT2D eigenvalue weighted by atomic mass is 35.5. The molecular weight excluding hydrogens is 551 g/mol. The van der Waals surface area contributed by atoms with Gasteiger partial charge in [0.05, 0.1) is 46.9 Å². The highest BCUT2D eigenvalue weighted by Gasteiger charge is 2.45. The van der Waals surface area contributed by atoms with E-state index in [4.69, 9.17) is 15.7 Å². The van der Waals surface area contributed by atoms with Gasteiger partial charge in [-0.1, -0.05) is 23.7 Å². The zero-order chi connectivity index (χ0) is 31.9. The molecule has 3 aromatic rings. The summed E-state index contributed by atoms with van der Waals surface area (Å²) in [4.78, 5) is 28.8. The van der Waals surface area contributed by atoms with E-state index in [2.05, 4.69) is 15.7 Å². The Labute approximate surface area is 246 Å². The smallest absolute Gasteiger partial charge is 0.320 e. The van der Waals surface area contributed by atoms with Crippen molar-refractivity contribution in [2.75, 3.05) is 48.4 Å². The van der Waals surface area contributed by atoms with Gasteiger partial charge in [-0.05, 0) is 56.4 Å². The number of anilines is 3. The number of fused-ring (bicyclic) bond motifs is 1. The minimum absolute atomic E-state index is 0.0896. The van der Waals surface area contributed by atoms with Crippen LogP contribution < -0.4 is 20.4 Å². The Bertz CT molecular complexity index is 1530. The van der Waals surface area contributed by atoms with Crippen LogP contribution in [-0.4, -0.2) is 71.3 Å². The third kappa shape index (κ3) is 5.88. The monoisotopic (exact) mass is 587 g/mol. The van der Waals surface area contributed by atoms with Crippen molar-refractivity contribution in [2.45, 2.75) is 32.4 Å². The molecule has 41 heavy (non-hydrogen) atoms. The van der Waals surface area contributed by atoms with Crippen LogP contribution in [0.4, 0.5) is 26.4 Å². The van der Waals surface area contributed by atoms with Crippen LogP contribution in [0.25, 0.3) is 11.3 Å². The van der Waals surface area contributed by atoms with Crippen LogP contribution in [0, 0.1) is 17.7 Å². The molecule has 2 heterocycles. The van der Waals surface area contributed by atoms with Crippen molar-refractivity contribution >= 4 is 40.7 Å². The first kappa shape index (κ1) is 25.1. The highest BCUT2D eigenvalue weighted by molar-refractivity contribution is 6.34. The lowest BCUT2D eigenvalue weighted by atomic mass is 10.1. The first-order valence-corrected chi connectivity index (χ1v) is 13.8. The summed E-state index contributed by atoms with van der Waals surface area (Å²) < 4.78 is 41.4. The fourth-order valence-corrected chi connectivity index (χ4v) is 5.44. The van der Waals surface area contributed by atoms with Crippen molar-refractivity contribution in [3.8, 4) is 11.3 Å². The number of carbonyl (C=O) groups is 2. The molecule has 218 valence electrons. The first-order valence-electron chi connectivity index (χ1n) is 14.9. The number of urea groups is 1. The number of aromatic nitrogens is 2.